The lowest BCUT2D eigenvalue weighted by atomic mass is 9.97. The molecule has 286 valence electrons. The molecule has 0 saturated heterocycles. The zero-order valence-corrected chi connectivity index (χ0v) is 33.3. The molecule has 0 aliphatic heterocycles. The third kappa shape index (κ3) is 6.14. The summed E-state index contributed by atoms with van der Waals surface area (Å²) in [5, 5.41) is 4.72. The number of aryl methyl sites for hydroxylation is 1. The van der Waals surface area contributed by atoms with Crippen LogP contribution in [0.25, 0.3) is 100 Å². The van der Waals surface area contributed by atoms with Crippen LogP contribution in [0.4, 0.5) is 0 Å². The summed E-state index contributed by atoms with van der Waals surface area (Å²) in [4.78, 5) is 15.7. The van der Waals surface area contributed by atoms with E-state index in [9.17, 15) is 0 Å². The summed E-state index contributed by atoms with van der Waals surface area (Å²) in [6.45, 7) is 2.24. The van der Waals surface area contributed by atoms with Gasteiger partial charge in [0.15, 0.2) is 11.6 Å². The molecular weight excluding hydrogens is 731 g/mol. The number of nitrogens with zero attached hydrogens (tertiary/aromatic N) is 5. The second kappa shape index (κ2) is 14.9. The van der Waals surface area contributed by atoms with E-state index in [-0.39, 0.29) is 0 Å². The van der Waals surface area contributed by atoms with Gasteiger partial charge in [0.1, 0.15) is 0 Å². The number of fused-ring (bicyclic) bond motifs is 7. The Kier molecular flexibility index (Phi) is 8.85. The van der Waals surface area contributed by atoms with E-state index in [1.807, 2.05) is 18.2 Å². The maximum Gasteiger partial charge on any atom is 0.238 e. The highest BCUT2D eigenvalue weighted by Crippen LogP contribution is 2.42. The molecule has 5 nitrogen and oxygen atoms in total. The molecule has 0 spiro atoms. The number of aromatic nitrogens is 5. The summed E-state index contributed by atoms with van der Waals surface area (Å²) in [5.41, 5.74) is 13.5. The quantitative estimate of drug-likeness (QED) is 0.147. The van der Waals surface area contributed by atoms with E-state index < -0.39 is 0 Å². The number of unbranched alkanes of at least 4 members (excludes halogenated alkanes) is 1. The predicted octanol–water partition coefficient (Wildman–Crippen LogP) is 14.1. The van der Waals surface area contributed by atoms with Crippen LogP contribution in [0.5, 0.6) is 0 Å². The van der Waals surface area contributed by atoms with Crippen LogP contribution in [-0.2, 0) is 6.42 Å². The first-order chi connectivity index (χ1) is 29.7. The van der Waals surface area contributed by atoms with Gasteiger partial charge in [0.05, 0.1) is 22.1 Å². The van der Waals surface area contributed by atoms with Gasteiger partial charge in [-0.05, 0) is 77.1 Å². The van der Waals surface area contributed by atoms with Crippen molar-refractivity contribution in [1.82, 2.24) is 24.1 Å². The third-order valence-corrected chi connectivity index (χ3v) is 11.8. The van der Waals surface area contributed by atoms with Crippen LogP contribution >= 0.6 is 0 Å². The number of hydrogen-bond donors (Lipinski definition) is 0. The number of rotatable bonds is 9. The second-order valence-electron chi connectivity index (χ2n) is 15.5. The van der Waals surface area contributed by atoms with Crippen LogP contribution in [0, 0.1) is 0 Å². The fourth-order valence-corrected chi connectivity index (χ4v) is 8.86. The highest BCUT2D eigenvalue weighted by atomic mass is 15.2. The standard InChI is InChI=1S/C55H41N5/c1-2-3-16-37-17-14-20-41(35-37)38-29-31-39(32-30-38)42-21-15-22-43(36-42)54-56-53(40-18-6-4-7-19-40)57-55(58-54)60-49-28-13-11-26-47(49)51-50(60)34-33-46-45-25-10-12-27-48(45)59(52(46)51)44-23-8-5-9-24-44/h4-15,17-36H,2-3,16H2,1H3. The van der Waals surface area contributed by atoms with Crippen LogP contribution in [0.3, 0.4) is 0 Å². The summed E-state index contributed by atoms with van der Waals surface area (Å²) in [5.74, 6) is 1.81. The Morgan fingerprint density at radius 1 is 0.400 bits per heavy atom. The maximum atomic E-state index is 5.33. The van der Waals surface area contributed by atoms with E-state index in [2.05, 4.69) is 192 Å². The zero-order chi connectivity index (χ0) is 40.0. The maximum absolute atomic E-state index is 5.33. The molecule has 0 aliphatic rings. The van der Waals surface area contributed by atoms with Crippen molar-refractivity contribution < 1.29 is 0 Å². The van der Waals surface area contributed by atoms with Gasteiger partial charge in [0.2, 0.25) is 5.95 Å². The Morgan fingerprint density at radius 2 is 0.983 bits per heavy atom. The Labute approximate surface area is 348 Å². The smallest absolute Gasteiger partial charge is 0.238 e. The molecule has 0 aliphatic carbocycles. The Bertz CT molecular complexity index is 3340. The predicted molar refractivity (Wildman–Crippen MR) is 249 cm³/mol. The van der Waals surface area contributed by atoms with E-state index >= 15 is 0 Å². The molecule has 0 saturated carbocycles. The molecule has 3 aromatic heterocycles. The van der Waals surface area contributed by atoms with Gasteiger partial charge in [0.25, 0.3) is 0 Å². The fourth-order valence-electron chi connectivity index (χ4n) is 8.86. The van der Waals surface area contributed by atoms with E-state index in [1.165, 1.54) is 45.8 Å². The normalized spacial score (nSPS) is 11.6. The topological polar surface area (TPSA) is 48.5 Å². The first kappa shape index (κ1) is 35.5. The van der Waals surface area contributed by atoms with Gasteiger partial charge in [-0.2, -0.15) is 9.97 Å². The monoisotopic (exact) mass is 771 g/mol. The molecule has 0 amide bonds. The molecule has 0 bridgehead atoms. The molecule has 8 aromatic carbocycles. The van der Waals surface area contributed by atoms with Crippen LogP contribution in [0.2, 0.25) is 0 Å². The lowest BCUT2D eigenvalue weighted by Crippen LogP contribution is -2.06. The SMILES string of the molecule is CCCCc1cccc(-c2ccc(-c3cccc(-c4nc(-c5ccccc5)nc(-n5c6ccccc6c6c5ccc5c7ccccc7n(-c7ccccc7)c56)n4)c3)cc2)c1. The summed E-state index contributed by atoms with van der Waals surface area (Å²) < 4.78 is 4.62. The van der Waals surface area contributed by atoms with E-state index in [1.54, 1.807) is 0 Å². The van der Waals surface area contributed by atoms with Crippen molar-refractivity contribution in [3.05, 3.63) is 200 Å². The molecule has 60 heavy (non-hydrogen) atoms. The summed E-state index contributed by atoms with van der Waals surface area (Å²) >= 11 is 0. The molecule has 0 radical (unpaired) electrons. The first-order valence-electron chi connectivity index (χ1n) is 20.8. The van der Waals surface area contributed by atoms with E-state index in [0.717, 1.165) is 61.7 Å². The highest BCUT2D eigenvalue weighted by Gasteiger charge is 2.23. The molecule has 0 N–H and O–H groups in total. The highest BCUT2D eigenvalue weighted by molar-refractivity contribution is 6.26. The van der Waals surface area contributed by atoms with Crippen LogP contribution in [-0.4, -0.2) is 24.1 Å². The minimum atomic E-state index is 0.572. The number of benzene rings is 8. The van der Waals surface area contributed by atoms with Crippen LogP contribution in [0.1, 0.15) is 25.3 Å². The first-order valence-corrected chi connectivity index (χ1v) is 20.8. The van der Waals surface area contributed by atoms with Crippen molar-refractivity contribution in [2.45, 2.75) is 26.2 Å². The molecule has 11 rings (SSSR count). The van der Waals surface area contributed by atoms with Crippen LogP contribution in [0.15, 0.2) is 194 Å². The van der Waals surface area contributed by atoms with Crippen molar-refractivity contribution in [2.75, 3.05) is 0 Å². The molecule has 0 unspecified atom stereocenters. The average molecular weight is 772 g/mol. The van der Waals surface area contributed by atoms with E-state index in [4.69, 9.17) is 15.0 Å². The van der Waals surface area contributed by atoms with Crippen molar-refractivity contribution in [2.24, 2.45) is 0 Å². The number of hydrogen-bond acceptors (Lipinski definition) is 3. The van der Waals surface area contributed by atoms with Gasteiger partial charge >= 0.3 is 0 Å². The lowest BCUT2D eigenvalue weighted by Gasteiger charge is -2.12. The van der Waals surface area contributed by atoms with Gasteiger partial charge in [-0.1, -0.05) is 171 Å². The Morgan fingerprint density at radius 3 is 1.72 bits per heavy atom. The van der Waals surface area contributed by atoms with Gasteiger partial charge in [-0.15, -0.1) is 0 Å². The van der Waals surface area contributed by atoms with Crippen LogP contribution < -0.4 is 0 Å². The van der Waals surface area contributed by atoms with Gasteiger partial charge in [-0.25, -0.2) is 4.98 Å². The van der Waals surface area contributed by atoms with E-state index in [0.29, 0.717) is 17.6 Å². The number of para-hydroxylation sites is 3. The van der Waals surface area contributed by atoms with Crippen molar-refractivity contribution in [3.8, 4) is 56.7 Å². The summed E-state index contributed by atoms with van der Waals surface area (Å²) in [6, 6.07) is 69.0. The van der Waals surface area contributed by atoms with Gasteiger partial charge in [-0.3, -0.25) is 4.57 Å². The van der Waals surface area contributed by atoms with Crippen molar-refractivity contribution >= 4 is 43.6 Å². The van der Waals surface area contributed by atoms with Crippen molar-refractivity contribution in [3.63, 3.8) is 0 Å². The minimum Gasteiger partial charge on any atom is -0.309 e. The second-order valence-corrected chi connectivity index (χ2v) is 15.5. The fraction of sp³-hybridized carbons (Fsp3) is 0.0727. The van der Waals surface area contributed by atoms with Crippen molar-refractivity contribution in [1.29, 1.82) is 0 Å². The Hall–Kier alpha value is -7.63. The molecule has 11 aromatic rings. The lowest BCUT2D eigenvalue weighted by molar-refractivity contribution is 0.795. The molecule has 3 heterocycles. The largest absolute Gasteiger partial charge is 0.309 e. The molecule has 0 atom stereocenters. The van der Waals surface area contributed by atoms with Gasteiger partial charge < -0.3 is 4.57 Å². The minimum absolute atomic E-state index is 0.572. The molecule has 0 fully saturated rings. The zero-order valence-electron chi connectivity index (χ0n) is 33.3. The third-order valence-electron chi connectivity index (χ3n) is 11.8. The average Bonchev–Trinajstić information content (AvgIpc) is 3.84. The summed E-state index contributed by atoms with van der Waals surface area (Å²) in [7, 11) is 0. The molecule has 5 heteroatoms. The van der Waals surface area contributed by atoms with Gasteiger partial charge in [0, 0.05) is 38.4 Å². The Balaban J connectivity index is 1.08. The molecular formula is C55H41N5. The summed E-state index contributed by atoms with van der Waals surface area (Å²) in [6.07, 6.45) is 3.51.